The van der Waals surface area contributed by atoms with Crippen LogP contribution in [0.4, 0.5) is 0 Å². The van der Waals surface area contributed by atoms with E-state index in [0.717, 1.165) is 12.8 Å². The van der Waals surface area contributed by atoms with Crippen LogP contribution in [0, 0.1) is 12.3 Å². The van der Waals surface area contributed by atoms with E-state index in [2.05, 4.69) is 6.42 Å². The summed E-state index contributed by atoms with van der Waals surface area (Å²) in [5, 5.41) is 8.37. The molecule has 1 fully saturated rings. The summed E-state index contributed by atoms with van der Waals surface area (Å²) in [5.41, 5.74) is 0. The van der Waals surface area contributed by atoms with Gasteiger partial charge in [-0.05, 0) is 25.2 Å². The monoisotopic (exact) mass is 85.1 g/mol. The normalized spacial score (nSPS) is 23.5. The van der Waals surface area contributed by atoms with Gasteiger partial charge < -0.3 is 5.11 Å². The van der Waals surface area contributed by atoms with E-state index in [1.165, 1.54) is 0 Å². The van der Waals surface area contributed by atoms with Gasteiger partial charge in [-0.25, -0.2) is 0 Å². The first-order valence-electron chi connectivity index (χ1n) is 2.36. The highest BCUT2D eigenvalue weighted by Gasteiger charge is 2.15. The Labute approximate surface area is 38.0 Å². The second-order valence-electron chi connectivity index (χ2n) is 1.81. The maximum atomic E-state index is 8.37. The van der Waals surface area contributed by atoms with E-state index in [-0.39, 0.29) is 0 Å². The first kappa shape index (κ1) is 4.13. The predicted molar refractivity (Wildman–Crippen MR) is 24.1 cm³/mol. The Morgan fingerprint density at radius 2 is 2.33 bits per heavy atom. The van der Waals surface area contributed by atoms with Gasteiger partial charge in [0.05, 0.1) is 0 Å². The van der Waals surface area contributed by atoms with Crippen LogP contribution in [0.15, 0.2) is 0 Å². The molecular weight excluding hydrogens is 76.1 g/mol. The molecule has 0 aliphatic heterocycles. The van der Waals surface area contributed by atoms with Crippen LogP contribution in [-0.4, -0.2) is 11.7 Å². The number of aliphatic hydroxyl groups is 1. The lowest BCUT2D eigenvalue weighted by atomic mass is 9.86. The van der Waals surface area contributed by atoms with Crippen LogP contribution in [0.2, 0.25) is 0 Å². The van der Waals surface area contributed by atoms with E-state index in [9.17, 15) is 0 Å². The zero-order valence-corrected chi connectivity index (χ0v) is 3.72. The standard InChI is InChI=1S/C5H9O/c6-4-5-2-1-3-5/h1,5-6H,2-4H2. The van der Waals surface area contributed by atoms with E-state index in [1.54, 1.807) is 0 Å². The van der Waals surface area contributed by atoms with E-state index < -0.39 is 0 Å². The maximum absolute atomic E-state index is 8.37. The van der Waals surface area contributed by atoms with Gasteiger partial charge in [0.1, 0.15) is 0 Å². The molecule has 0 bridgehead atoms. The summed E-state index contributed by atoms with van der Waals surface area (Å²) >= 11 is 0. The van der Waals surface area contributed by atoms with Gasteiger partial charge in [-0.15, -0.1) is 0 Å². The minimum Gasteiger partial charge on any atom is -0.396 e. The summed E-state index contributed by atoms with van der Waals surface area (Å²) in [5.74, 6) is 0.616. The van der Waals surface area contributed by atoms with Crippen molar-refractivity contribution in [3.63, 3.8) is 0 Å². The second-order valence-corrected chi connectivity index (χ2v) is 1.81. The summed E-state index contributed by atoms with van der Waals surface area (Å²) in [6.07, 6.45) is 4.47. The Hall–Kier alpha value is -0.0400. The molecule has 1 aliphatic carbocycles. The van der Waals surface area contributed by atoms with Gasteiger partial charge in [-0.3, -0.25) is 0 Å². The van der Waals surface area contributed by atoms with Crippen molar-refractivity contribution in [3.05, 3.63) is 6.42 Å². The van der Waals surface area contributed by atoms with Gasteiger partial charge in [-0.1, -0.05) is 0 Å². The lowest BCUT2D eigenvalue weighted by molar-refractivity contribution is 0.195. The minimum atomic E-state index is 0.385. The summed E-state index contributed by atoms with van der Waals surface area (Å²) in [6, 6.07) is 0. The lowest BCUT2D eigenvalue weighted by Crippen LogP contribution is -2.15. The van der Waals surface area contributed by atoms with Crippen LogP contribution >= 0.6 is 0 Å². The molecule has 1 heteroatoms. The summed E-state index contributed by atoms with van der Waals surface area (Å²) in [6.45, 7) is 0.385. The van der Waals surface area contributed by atoms with Crippen molar-refractivity contribution in [1.29, 1.82) is 0 Å². The van der Waals surface area contributed by atoms with E-state index in [0.29, 0.717) is 12.5 Å². The van der Waals surface area contributed by atoms with Crippen molar-refractivity contribution in [3.8, 4) is 0 Å². The first-order valence-corrected chi connectivity index (χ1v) is 2.36. The first-order chi connectivity index (χ1) is 2.93. The average Bonchev–Trinajstić information content (AvgIpc) is 1.31. The van der Waals surface area contributed by atoms with Crippen LogP contribution in [0.5, 0.6) is 0 Å². The van der Waals surface area contributed by atoms with Gasteiger partial charge in [-0.2, -0.15) is 0 Å². The second kappa shape index (κ2) is 1.61. The van der Waals surface area contributed by atoms with Crippen LogP contribution in [0.3, 0.4) is 0 Å². The van der Waals surface area contributed by atoms with E-state index in [1.807, 2.05) is 0 Å². The SMILES string of the molecule is OCC1C[CH]C1. The fraction of sp³-hybridized carbons (Fsp3) is 0.800. The molecule has 0 unspecified atom stereocenters. The quantitative estimate of drug-likeness (QED) is 0.494. The molecule has 1 saturated carbocycles. The van der Waals surface area contributed by atoms with Gasteiger partial charge in [0.15, 0.2) is 0 Å². The molecule has 1 rings (SSSR count). The highest BCUT2D eigenvalue weighted by Crippen LogP contribution is 2.23. The third-order valence-corrected chi connectivity index (χ3v) is 1.26. The molecule has 0 heterocycles. The van der Waals surface area contributed by atoms with Crippen LogP contribution in [-0.2, 0) is 0 Å². The summed E-state index contributed by atoms with van der Waals surface area (Å²) < 4.78 is 0. The molecule has 1 N–H and O–H groups in total. The molecule has 0 aromatic heterocycles. The molecule has 0 spiro atoms. The minimum absolute atomic E-state index is 0.385. The summed E-state index contributed by atoms with van der Waals surface area (Å²) in [7, 11) is 0. The van der Waals surface area contributed by atoms with Crippen LogP contribution in [0.1, 0.15) is 12.8 Å². The molecule has 1 aliphatic rings. The number of hydrogen-bond acceptors (Lipinski definition) is 1. The zero-order chi connectivity index (χ0) is 4.41. The van der Waals surface area contributed by atoms with Crippen molar-refractivity contribution >= 4 is 0 Å². The Morgan fingerprint density at radius 1 is 1.67 bits per heavy atom. The third kappa shape index (κ3) is 0.548. The fourth-order valence-electron chi connectivity index (χ4n) is 0.551. The van der Waals surface area contributed by atoms with Crippen LogP contribution in [0.25, 0.3) is 0 Å². The molecule has 0 aromatic carbocycles. The Balaban J connectivity index is 2.01. The van der Waals surface area contributed by atoms with E-state index in [4.69, 9.17) is 5.11 Å². The van der Waals surface area contributed by atoms with Crippen molar-refractivity contribution in [2.75, 3.05) is 6.61 Å². The molecule has 0 atom stereocenters. The molecule has 0 saturated heterocycles. The smallest absolute Gasteiger partial charge is 0.0459 e. The topological polar surface area (TPSA) is 20.2 Å². The van der Waals surface area contributed by atoms with Crippen molar-refractivity contribution < 1.29 is 5.11 Å². The van der Waals surface area contributed by atoms with Crippen molar-refractivity contribution in [1.82, 2.24) is 0 Å². The number of rotatable bonds is 1. The van der Waals surface area contributed by atoms with E-state index >= 15 is 0 Å². The van der Waals surface area contributed by atoms with Crippen LogP contribution < -0.4 is 0 Å². The van der Waals surface area contributed by atoms with Crippen molar-refractivity contribution in [2.45, 2.75) is 12.8 Å². The number of aliphatic hydroxyl groups excluding tert-OH is 1. The Bertz CT molecular complexity index is 36.4. The molecule has 35 valence electrons. The fourth-order valence-corrected chi connectivity index (χ4v) is 0.551. The average molecular weight is 85.1 g/mol. The molecule has 6 heavy (non-hydrogen) atoms. The Morgan fingerprint density at radius 3 is 2.33 bits per heavy atom. The molecule has 1 radical (unpaired) electrons. The molecule has 0 aromatic rings. The highest BCUT2D eigenvalue weighted by atomic mass is 16.3. The van der Waals surface area contributed by atoms with Gasteiger partial charge >= 0.3 is 0 Å². The molecule has 0 amide bonds. The highest BCUT2D eigenvalue weighted by molar-refractivity contribution is 4.84. The lowest BCUT2D eigenvalue weighted by Gasteiger charge is -2.21. The third-order valence-electron chi connectivity index (χ3n) is 1.26. The van der Waals surface area contributed by atoms with Gasteiger partial charge in [0.2, 0.25) is 0 Å². The maximum Gasteiger partial charge on any atom is 0.0459 e. The Kier molecular flexibility index (Phi) is 1.10. The summed E-state index contributed by atoms with van der Waals surface area (Å²) in [4.78, 5) is 0. The molecule has 1 nitrogen and oxygen atoms in total. The van der Waals surface area contributed by atoms with Gasteiger partial charge in [0, 0.05) is 6.61 Å². The largest absolute Gasteiger partial charge is 0.396 e. The predicted octanol–water partition coefficient (Wildman–Crippen LogP) is 0.593. The zero-order valence-electron chi connectivity index (χ0n) is 3.72. The van der Waals surface area contributed by atoms with Gasteiger partial charge in [0.25, 0.3) is 0 Å². The number of hydrogen-bond donors (Lipinski definition) is 1. The molecular formula is C5H9O. The van der Waals surface area contributed by atoms with Crippen molar-refractivity contribution in [2.24, 2.45) is 5.92 Å².